The quantitative estimate of drug-likeness (QED) is 0.662. The molecule has 0 aliphatic rings. The second-order valence-corrected chi connectivity index (χ2v) is 3.93. The van der Waals surface area contributed by atoms with E-state index in [-0.39, 0.29) is 0 Å². The van der Waals surface area contributed by atoms with E-state index in [1.807, 2.05) is 0 Å². The van der Waals surface area contributed by atoms with Gasteiger partial charge in [-0.3, -0.25) is 0 Å². The number of rotatable bonds is 6. The molecule has 0 heterocycles. The first-order valence-electron chi connectivity index (χ1n) is 4.81. The Bertz CT molecular complexity index is 104. The van der Waals surface area contributed by atoms with Gasteiger partial charge in [0.1, 0.15) is 0 Å². The van der Waals surface area contributed by atoms with Gasteiger partial charge in [0, 0.05) is 13.7 Å². The summed E-state index contributed by atoms with van der Waals surface area (Å²) >= 11 is 0. The fourth-order valence-corrected chi connectivity index (χ4v) is 0.833. The van der Waals surface area contributed by atoms with Gasteiger partial charge in [0.2, 0.25) is 0 Å². The van der Waals surface area contributed by atoms with Gasteiger partial charge in [-0.15, -0.1) is 0 Å². The molecule has 1 N–H and O–H groups in total. The third-order valence-corrected chi connectivity index (χ3v) is 2.44. The highest BCUT2D eigenvalue weighted by Crippen LogP contribution is 2.07. The van der Waals surface area contributed by atoms with Crippen molar-refractivity contribution in [3.63, 3.8) is 0 Å². The van der Waals surface area contributed by atoms with E-state index in [0.29, 0.717) is 6.10 Å². The predicted octanol–water partition coefficient (Wildman–Crippen LogP) is 1.90. The lowest BCUT2D eigenvalue weighted by atomic mass is 9.98. The summed E-state index contributed by atoms with van der Waals surface area (Å²) in [5.74, 6) is 1.50. The minimum atomic E-state index is 0.323. The molecule has 12 heavy (non-hydrogen) atoms. The SMILES string of the molecule is COC(C)CNCC(C)C(C)C. The van der Waals surface area contributed by atoms with Crippen LogP contribution in [0.2, 0.25) is 0 Å². The minimum absolute atomic E-state index is 0.323. The first-order chi connectivity index (χ1) is 5.57. The van der Waals surface area contributed by atoms with Crippen LogP contribution in [0.1, 0.15) is 27.7 Å². The maximum atomic E-state index is 5.13. The molecule has 2 unspecified atom stereocenters. The van der Waals surface area contributed by atoms with E-state index in [0.717, 1.165) is 24.9 Å². The maximum Gasteiger partial charge on any atom is 0.0667 e. The van der Waals surface area contributed by atoms with Crippen molar-refractivity contribution < 1.29 is 4.74 Å². The van der Waals surface area contributed by atoms with Crippen LogP contribution in [-0.2, 0) is 4.74 Å². The van der Waals surface area contributed by atoms with Crippen LogP contribution in [0, 0.1) is 11.8 Å². The summed E-state index contributed by atoms with van der Waals surface area (Å²) in [6.45, 7) is 10.9. The molecule has 0 rings (SSSR count). The summed E-state index contributed by atoms with van der Waals surface area (Å²) in [6.07, 6.45) is 0.323. The van der Waals surface area contributed by atoms with Gasteiger partial charge in [0.15, 0.2) is 0 Å². The molecule has 0 aliphatic carbocycles. The van der Waals surface area contributed by atoms with Gasteiger partial charge in [0.05, 0.1) is 6.10 Å². The molecule has 74 valence electrons. The first-order valence-corrected chi connectivity index (χ1v) is 4.81. The number of nitrogens with one attached hydrogen (secondary N) is 1. The molecule has 0 radical (unpaired) electrons. The summed E-state index contributed by atoms with van der Waals surface area (Å²) in [6, 6.07) is 0. The zero-order valence-electron chi connectivity index (χ0n) is 9.05. The summed E-state index contributed by atoms with van der Waals surface area (Å²) in [4.78, 5) is 0. The average molecular weight is 173 g/mol. The molecule has 0 aromatic carbocycles. The topological polar surface area (TPSA) is 21.3 Å². The standard InChI is InChI=1S/C10H23NO/c1-8(2)9(3)6-11-7-10(4)12-5/h8-11H,6-7H2,1-5H3. The van der Waals surface area contributed by atoms with Gasteiger partial charge >= 0.3 is 0 Å². The molecule has 0 aromatic heterocycles. The van der Waals surface area contributed by atoms with E-state index in [9.17, 15) is 0 Å². The molecule has 2 atom stereocenters. The molecule has 2 heteroatoms. The van der Waals surface area contributed by atoms with E-state index < -0.39 is 0 Å². The lowest BCUT2D eigenvalue weighted by molar-refractivity contribution is 0.115. The Hall–Kier alpha value is -0.0800. The monoisotopic (exact) mass is 173 g/mol. The fraction of sp³-hybridized carbons (Fsp3) is 1.00. The van der Waals surface area contributed by atoms with Crippen molar-refractivity contribution >= 4 is 0 Å². The largest absolute Gasteiger partial charge is 0.380 e. The second-order valence-electron chi connectivity index (χ2n) is 3.93. The van der Waals surface area contributed by atoms with Crippen LogP contribution in [0.25, 0.3) is 0 Å². The molecular weight excluding hydrogens is 150 g/mol. The van der Waals surface area contributed by atoms with Crippen molar-refractivity contribution in [1.82, 2.24) is 5.32 Å². The predicted molar refractivity (Wildman–Crippen MR) is 53.3 cm³/mol. The average Bonchev–Trinajstić information content (AvgIpc) is 2.03. The summed E-state index contributed by atoms with van der Waals surface area (Å²) in [7, 11) is 1.75. The van der Waals surface area contributed by atoms with Crippen LogP contribution in [0.4, 0.5) is 0 Å². The van der Waals surface area contributed by atoms with Crippen LogP contribution in [-0.4, -0.2) is 26.3 Å². The molecule has 0 aliphatic heterocycles. The highest BCUT2D eigenvalue weighted by Gasteiger charge is 2.06. The van der Waals surface area contributed by atoms with E-state index in [2.05, 4.69) is 33.0 Å². The Morgan fingerprint density at radius 1 is 1.08 bits per heavy atom. The van der Waals surface area contributed by atoms with E-state index >= 15 is 0 Å². The van der Waals surface area contributed by atoms with Crippen LogP contribution >= 0.6 is 0 Å². The van der Waals surface area contributed by atoms with Crippen LogP contribution in [0.15, 0.2) is 0 Å². The van der Waals surface area contributed by atoms with Crippen molar-refractivity contribution in [1.29, 1.82) is 0 Å². The Morgan fingerprint density at radius 2 is 1.67 bits per heavy atom. The lowest BCUT2D eigenvalue weighted by Gasteiger charge is -2.17. The van der Waals surface area contributed by atoms with Crippen molar-refractivity contribution in [2.45, 2.75) is 33.8 Å². The third-order valence-electron chi connectivity index (χ3n) is 2.44. The molecule has 0 spiro atoms. The fourth-order valence-electron chi connectivity index (χ4n) is 0.833. The highest BCUT2D eigenvalue weighted by molar-refractivity contribution is 4.62. The van der Waals surface area contributed by atoms with Gasteiger partial charge in [-0.2, -0.15) is 0 Å². The van der Waals surface area contributed by atoms with Crippen molar-refractivity contribution in [3.8, 4) is 0 Å². The zero-order valence-corrected chi connectivity index (χ0v) is 9.05. The Balaban J connectivity index is 3.30. The molecule has 0 amide bonds. The van der Waals surface area contributed by atoms with Crippen LogP contribution < -0.4 is 5.32 Å². The molecule has 0 saturated carbocycles. The van der Waals surface area contributed by atoms with Gasteiger partial charge < -0.3 is 10.1 Å². The molecule has 2 nitrogen and oxygen atoms in total. The second kappa shape index (κ2) is 6.44. The van der Waals surface area contributed by atoms with Crippen molar-refractivity contribution in [3.05, 3.63) is 0 Å². The van der Waals surface area contributed by atoms with E-state index in [1.54, 1.807) is 7.11 Å². The molecular formula is C10H23NO. The number of methoxy groups -OCH3 is 1. The Kier molecular flexibility index (Phi) is 6.39. The van der Waals surface area contributed by atoms with Gasteiger partial charge in [-0.05, 0) is 25.3 Å². The number of hydrogen-bond donors (Lipinski definition) is 1. The van der Waals surface area contributed by atoms with Crippen molar-refractivity contribution in [2.75, 3.05) is 20.2 Å². The van der Waals surface area contributed by atoms with Gasteiger partial charge in [-0.25, -0.2) is 0 Å². The van der Waals surface area contributed by atoms with Crippen LogP contribution in [0.5, 0.6) is 0 Å². The highest BCUT2D eigenvalue weighted by atomic mass is 16.5. The molecule has 0 saturated heterocycles. The number of hydrogen-bond acceptors (Lipinski definition) is 2. The minimum Gasteiger partial charge on any atom is -0.380 e. The lowest BCUT2D eigenvalue weighted by Crippen LogP contribution is -2.31. The Labute approximate surface area is 76.7 Å². The van der Waals surface area contributed by atoms with Gasteiger partial charge in [0.25, 0.3) is 0 Å². The summed E-state index contributed by atoms with van der Waals surface area (Å²) in [5.41, 5.74) is 0. The molecule has 0 aromatic rings. The maximum absolute atomic E-state index is 5.13. The smallest absolute Gasteiger partial charge is 0.0667 e. The summed E-state index contributed by atoms with van der Waals surface area (Å²) in [5, 5.41) is 3.39. The molecule has 0 bridgehead atoms. The normalized spacial score (nSPS) is 16.5. The van der Waals surface area contributed by atoms with E-state index in [1.165, 1.54) is 0 Å². The van der Waals surface area contributed by atoms with Crippen molar-refractivity contribution in [2.24, 2.45) is 11.8 Å². The van der Waals surface area contributed by atoms with Gasteiger partial charge in [-0.1, -0.05) is 20.8 Å². The van der Waals surface area contributed by atoms with E-state index in [4.69, 9.17) is 4.74 Å². The number of ether oxygens (including phenoxy) is 1. The Morgan fingerprint density at radius 3 is 2.08 bits per heavy atom. The molecule has 0 fully saturated rings. The zero-order chi connectivity index (χ0) is 9.56. The van der Waals surface area contributed by atoms with Crippen LogP contribution in [0.3, 0.4) is 0 Å². The summed E-state index contributed by atoms with van der Waals surface area (Å²) < 4.78 is 5.13. The third kappa shape index (κ3) is 5.56. The first kappa shape index (κ1) is 11.9.